The Morgan fingerprint density at radius 2 is 1.72 bits per heavy atom. The second-order valence-corrected chi connectivity index (χ2v) is 5.73. The summed E-state index contributed by atoms with van der Waals surface area (Å²) >= 11 is 11.3. The number of halogens is 2. The van der Waals surface area contributed by atoms with Crippen LogP contribution in [-0.2, 0) is 0 Å². The Hall–Kier alpha value is -2.71. The molecule has 3 aromatic heterocycles. The third-order valence-corrected chi connectivity index (χ3v) is 3.86. The van der Waals surface area contributed by atoms with Gasteiger partial charge in [0, 0.05) is 12.4 Å². The van der Waals surface area contributed by atoms with Gasteiger partial charge in [-0.25, -0.2) is 19.7 Å². The van der Waals surface area contributed by atoms with Gasteiger partial charge in [0.1, 0.15) is 5.52 Å². The number of pyridine rings is 2. The fourth-order valence-corrected chi connectivity index (χ4v) is 2.42. The summed E-state index contributed by atoms with van der Waals surface area (Å²) in [6, 6.07) is 0. The van der Waals surface area contributed by atoms with Crippen LogP contribution in [0.5, 0.6) is 0 Å². The number of carbonyl (C=O) groups is 1. The van der Waals surface area contributed by atoms with E-state index in [9.17, 15) is 9.59 Å². The van der Waals surface area contributed by atoms with Crippen molar-refractivity contribution in [1.82, 2.24) is 19.9 Å². The molecule has 0 saturated carbocycles. The molecule has 0 saturated heterocycles. The molecule has 3 heterocycles. The van der Waals surface area contributed by atoms with Crippen molar-refractivity contribution in [1.29, 1.82) is 0 Å². The van der Waals surface area contributed by atoms with Crippen LogP contribution in [0.2, 0.25) is 10.3 Å². The average Bonchev–Trinajstić information content (AvgIpc) is 2.55. The minimum atomic E-state index is -1.09. The summed E-state index contributed by atoms with van der Waals surface area (Å²) in [5, 5.41) is 9.49. The van der Waals surface area contributed by atoms with Gasteiger partial charge in [0.05, 0.1) is 23.0 Å². The van der Waals surface area contributed by atoms with Gasteiger partial charge in [0.15, 0.2) is 10.3 Å². The van der Waals surface area contributed by atoms with Crippen molar-refractivity contribution in [3.8, 4) is 0 Å². The molecular weight excluding hydrogens is 369 g/mol. The van der Waals surface area contributed by atoms with Crippen molar-refractivity contribution in [2.24, 2.45) is 0 Å². The lowest BCUT2D eigenvalue weighted by molar-refractivity contribution is 0.0697. The van der Waals surface area contributed by atoms with Crippen LogP contribution in [0.1, 0.15) is 21.5 Å². The minimum Gasteiger partial charge on any atom is -0.478 e. The lowest BCUT2D eigenvalue weighted by atomic mass is 10.1. The minimum absolute atomic E-state index is 0.0177. The van der Waals surface area contributed by atoms with Crippen molar-refractivity contribution < 1.29 is 9.90 Å². The number of carboxylic acid groups (broad SMARTS) is 1. The lowest BCUT2D eigenvalue weighted by Crippen LogP contribution is -2.08. The maximum absolute atomic E-state index is 11.4. The van der Waals surface area contributed by atoms with E-state index in [0.29, 0.717) is 16.5 Å². The molecule has 0 spiro atoms. The van der Waals surface area contributed by atoms with Crippen molar-refractivity contribution in [2.45, 2.75) is 13.8 Å². The zero-order valence-electron chi connectivity index (χ0n) is 13.2. The number of hydrogen-bond donors (Lipinski definition) is 3. The molecule has 0 bridgehead atoms. The Morgan fingerprint density at radius 3 is 2.28 bits per heavy atom. The van der Waals surface area contributed by atoms with E-state index >= 15 is 0 Å². The van der Waals surface area contributed by atoms with E-state index in [-0.39, 0.29) is 27.1 Å². The highest BCUT2D eigenvalue weighted by Gasteiger charge is 2.14. The number of nitrogens with two attached hydrogens (primary N) is 1. The molecule has 0 radical (unpaired) electrons. The number of aromatic nitrogens is 4. The largest absolute Gasteiger partial charge is 0.478 e. The highest BCUT2D eigenvalue weighted by atomic mass is 35.5. The van der Waals surface area contributed by atoms with Gasteiger partial charge in [0.2, 0.25) is 0 Å². The van der Waals surface area contributed by atoms with Crippen LogP contribution in [0.3, 0.4) is 0 Å². The summed E-state index contributed by atoms with van der Waals surface area (Å²) in [6.07, 6.45) is 4.25. The maximum atomic E-state index is 11.4. The molecule has 8 nitrogen and oxygen atoms in total. The van der Waals surface area contributed by atoms with Crippen LogP contribution in [0, 0.1) is 13.8 Å². The lowest BCUT2D eigenvalue weighted by Gasteiger charge is -2.04. The number of nitrogens with one attached hydrogen (secondary N) is 1. The van der Waals surface area contributed by atoms with E-state index in [1.54, 1.807) is 20.0 Å². The molecule has 0 aliphatic carbocycles. The van der Waals surface area contributed by atoms with Gasteiger partial charge in [-0.15, -0.1) is 0 Å². The first kappa shape index (κ1) is 18.6. The first-order chi connectivity index (χ1) is 11.7. The number of rotatable bonds is 1. The van der Waals surface area contributed by atoms with Gasteiger partial charge in [0.25, 0.3) is 5.56 Å². The number of nitrogens with zero attached hydrogens (tertiary/aromatic N) is 3. The topological polar surface area (TPSA) is 135 Å². The van der Waals surface area contributed by atoms with E-state index in [0.717, 1.165) is 5.56 Å². The quantitative estimate of drug-likeness (QED) is 0.551. The Bertz CT molecular complexity index is 1020. The predicted molar refractivity (Wildman–Crippen MR) is 95.3 cm³/mol. The average molecular weight is 382 g/mol. The molecule has 0 aromatic carbocycles. The van der Waals surface area contributed by atoms with Crippen LogP contribution in [0.15, 0.2) is 23.5 Å². The summed E-state index contributed by atoms with van der Waals surface area (Å²) in [4.78, 5) is 36.0. The summed E-state index contributed by atoms with van der Waals surface area (Å²) in [6.45, 7) is 3.41. The number of carboxylic acids is 1. The summed E-state index contributed by atoms with van der Waals surface area (Å²) in [5.41, 5.74) is 6.99. The Kier molecular flexibility index (Phi) is 5.55. The zero-order valence-corrected chi connectivity index (χ0v) is 14.7. The van der Waals surface area contributed by atoms with E-state index < -0.39 is 5.97 Å². The summed E-state index contributed by atoms with van der Waals surface area (Å²) in [5.74, 6) is -1.09. The molecule has 0 aliphatic heterocycles. The molecule has 0 atom stereocenters. The fraction of sp³-hybridized carbons (Fsp3) is 0.133. The van der Waals surface area contributed by atoms with Crippen LogP contribution < -0.4 is 11.3 Å². The number of aryl methyl sites for hydroxylation is 2. The Morgan fingerprint density at radius 1 is 1.12 bits per heavy atom. The normalized spacial score (nSPS) is 10.2. The SMILES string of the molecule is Cc1cnc(Cl)c(N)c1C(=O)O.Cc1cnc(Cl)c2nc[nH]c(=O)c12. The zero-order chi connectivity index (χ0) is 18.7. The van der Waals surface area contributed by atoms with E-state index in [1.165, 1.54) is 12.5 Å². The molecule has 10 heteroatoms. The number of fused-ring (bicyclic) bond motifs is 1. The first-order valence-electron chi connectivity index (χ1n) is 6.86. The van der Waals surface area contributed by atoms with Gasteiger partial charge in [-0.2, -0.15) is 0 Å². The Balaban J connectivity index is 0.000000181. The molecule has 3 rings (SSSR count). The number of anilines is 1. The molecule has 0 aliphatic rings. The van der Waals surface area contributed by atoms with Gasteiger partial charge in [-0.1, -0.05) is 23.2 Å². The summed E-state index contributed by atoms with van der Waals surface area (Å²) < 4.78 is 0. The van der Waals surface area contributed by atoms with Crippen molar-refractivity contribution in [2.75, 3.05) is 5.73 Å². The van der Waals surface area contributed by atoms with Gasteiger partial charge >= 0.3 is 5.97 Å². The van der Waals surface area contributed by atoms with Gasteiger partial charge in [-0.3, -0.25) is 4.79 Å². The van der Waals surface area contributed by atoms with E-state index in [4.69, 9.17) is 34.0 Å². The van der Waals surface area contributed by atoms with E-state index in [1.807, 2.05) is 0 Å². The number of aromatic amines is 1. The maximum Gasteiger partial charge on any atom is 0.338 e. The Labute approximate surface area is 151 Å². The molecular formula is C15H13Cl2N5O3. The van der Waals surface area contributed by atoms with Gasteiger partial charge in [-0.05, 0) is 25.0 Å². The molecule has 0 fully saturated rings. The highest BCUT2D eigenvalue weighted by Crippen LogP contribution is 2.22. The number of nitrogen functional groups attached to an aromatic ring is 1. The molecule has 0 unspecified atom stereocenters. The molecule has 4 N–H and O–H groups in total. The number of aromatic carboxylic acids is 1. The summed E-state index contributed by atoms with van der Waals surface area (Å²) in [7, 11) is 0. The smallest absolute Gasteiger partial charge is 0.338 e. The van der Waals surface area contributed by atoms with Crippen molar-refractivity contribution in [3.05, 3.63) is 56.1 Å². The first-order valence-corrected chi connectivity index (χ1v) is 7.62. The monoisotopic (exact) mass is 381 g/mol. The second kappa shape index (κ2) is 7.45. The molecule has 130 valence electrons. The molecule has 25 heavy (non-hydrogen) atoms. The van der Waals surface area contributed by atoms with Gasteiger partial charge < -0.3 is 15.8 Å². The third kappa shape index (κ3) is 3.86. The predicted octanol–water partition coefficient (Wildman–Crippen LogP) is 2.60. The van der Waals surface area contributed by atoms with Crippen molar-refractivity contribution in [3.63, 3.8) is 0 Å². The van der Waals surface area contributed by atoms with Crippen LogP contribution >= 0.6 is 23.2 Å². The standard InChI is InChI=1S/C8H6ClN3O.C7H7ClN2O2/c1-4-2-10-7(9)6-5(4)8(13)12-3-11-6;1-3-2-10-6(8)5(9)4(3)7(11)12/h2-3H,1H3,(H,11,12,13);2H,9H2,1H3,(H,11,12). The number of hydrogen-bond acceptors (Lipinski definition) is 6. The number of H-pyrrole nitrogens is 1. The van der Waals surface area contributed by atoms with E-state index in [2.05, 4.69) is 19.9 Å². The van der Waals surface area contributed by atoms with Crippen molar-refractivity contribution >= 4 is 45.8 Å². The second-order valence-electron chi connectivity index (χ2n) is 5.01. The third-order valence-electron chi connectivity index (χ3n) is 3.29. The van der Waals surface area contributed by atoms with Crippen LogP contribution in [0.4, 0.5) is 5.69 Å². The highest BCUT2D eigenvalue weighted by molar-refractivity contribution is 6.33. The van der Waals surface area contributed by atoms with Crippen LogP contribution in [0.25, 0.3) is 10.9 Å². The fourth-order valence-electron chi connectivity index (χ4n) is 2.09. The van der Waals surface area contributed by atoms with Crippen LogP contribution in [-0.4, -0.2) is 31.0 Å². The molecule has 3 aromatic rings. The molecule has 0 amide bonds.